The Bertz CT molecular complexity index is 927. The first-order valence-electron chi connectivity index (χ1n) is 10.5. The van der Waals surface area contributed by atoms with Crippen molar-refractivity contribution in [2.24, 2.45) is 4.99 Å². The van der Waals surface area contributed by atoms with Crippen LogP contribution in [0.1, 0.15) is 23.1 Å². The van der Waals surface area contributed by atoms with Gasteiger partial charge in [-0.2, -0.15) is 0 Å². The van der Waals surface area contributed by atoms with Gasteiger partial charge in [-0.15, -0.1) is 0 Å². The number of amides is 1. The quantitative estimate of drug-likeness (QED) is 0.527. The standard InChI is InChI=1S/C24H32N4O3/c1-28(2)23(29)16-26-24(25-15-19-10-12-21(30-3)14-22(19)31-4)27-20-11-9-17-7-5-6-8-18(17)13-20/h5-8,10,12,14,20H,9,11,13,15-16H2,1-4H3,(H2,25,26,27). The number of methoxy groups -OCH3 is 2. The molecule has 7 heteroatoms. The summed E-state index contributed by atoms with van der Waals surface area (Å²) < 4.78 is 10.8. The summed E-state index contributed by atoms with van der Waals surface area (Å²) in [7, 11) is 6.75. The summed E-state index contributed by atoms with van der Waals surface area (Å²) in [6, 6.07) is 14.5. The van der Waals surface area contributed by atoms with Crippen LogP contribution in [-0.4, -0.2) is 57.7 Å². The van der Waals surface area contributed by atoms with E-state index < -0.39 is 0 Å². The zero-order valence-corrected chi connectivity index (χ0v) is 18.8. The van der Waals surface area contributed by atoms with Crippen LogP contribution in [0.5, 0.6) is 11.5 Å². The third-order valence-corrected chi connectivity index (χ3v) is 5.50. The van der Waals surface area contributed by atoms with Gasteiger partial charge < -0.3 is 25.0 Å². The van der Waals surface area contributed by atoms with Crippen molar-refractivity contribution < 1.29 is 14.3 Å². The molecule has 31 heavy (non-hydrogen) atoms. The minimum absolute atomic E-state index is 0.00878. The van der Waals surface area contributed by atoms with E-state index in [1.54, 1.807) is 33.2 Å². The van der Waals surface area contributed by atoms with E-state index in [2.05, 4.69) is 34.9 Å². The van der Waals surface area contributed by atoms with E-state index in [9.17, 15) is 4.79 Å². The van der Waals surface area contributed by atoms with Crippen LogP contribution >= 0.6 is 0 Å². The fraction of sp³-hybridized carbons (Fsp3) is 0.417. The highest BCUT2D eigenvalue weighted by molar-refractivity contribution is 5.86. The van der Waals surface area contributed by atoms with Gasteiger partial charge in [0.05, 0.1) is 27.3 Å². The third kappa shape index (κ3) is 6.13. The minimum Gasteiger partial charge on any atom is -0.497 e. The van der Waals surface area contributed by atoms with Crippen LogP contribution < -0.4 is 20.1 Å². The van der Waals surface area contributed by atoms with Gasteiger partial charge in [0.2, 0.25) is 5.91 Å². The lowest BCUT2D eigenvalue weighted by Crippen LogP contribution is -2.48. The summed E-state index contributed by atoms with van der Waals surface area (Å²) >= 11 is 0. The molecule has 0 radical (unpaired) electrons. The highest BCUT2D eigenvalue weighted by Crippen LogP contribution is 2.25. The fourth-order valence-corrected chi connectivity index (χ4v) is 3.63. The van der Waals surface area contributed by atoms with E-state index in [4.69, 9.17) is 14.5 Å². The Hall–Kier alpha value is -3.22. The number of likely N-dealkylation sites (N-methyl/N-ethyl adjacent to an activating group) is 1. The molecule has 0 spiro atoms. The summed E-state index contributed by atoms with van der Waals surface area (Å²) in [5.74, 6) is 2.07. The number of aryl methyl sites for hydroxylation is 1. The Labute approximate surface area is 184 Å². The third-order valence-electron chi connectivity index (χ3n) is 5.50. The van der Waals surface area contributed by atoms with E-state index in [0.717, 1.165) is 36.3 Å². The van der Waals surface area contributed by atoms with E-state index in [0.29, 0.717) is 12.5 Å². The molecule has 1 amide bonds. The first-order valence-corrected chi connectivity index (χ1v) is 10.5. The highest BCUT2D eigenvalue weighted by atomic mass is 16.5. The van der Waals surface area contributed by atoms with Gasteiger partial charge in [0.25, 0.3) is 0 Å². The average Bonchev–Trinajstić information content (AvgIpc) is 2.80. The lowest BCUT2D eigenvalue weighted by molar-refractivity contribution is -0.127. The number of ether oxygens (including phenoxy) is 2. The van der Waals surface area contributed by atoms with Gasteiger partial charge in [-0.05, 0) is 42.5 Å². The second-order valence-corrected chi connectivity index (χ2v) is 7.84. The number of fused-ring (bicyclic) bond motifs is 1. The van der Waals surface area contributed by atoms with E-state index in [-0.39, 0.29) is 18.5 Å². The number of nitrogens with zero attached hydrogens (tertiary/aromatic N) is 2. The molecule has 2 aromatic carbocycles. The maximum Gasteiger partial charge on any atom is 0.241 e. The molecule has 0 heterocycles. The van der Waals surface area contributed by atoms with Gasteiger partial charge in [-0.3, -0.25) is 4.79 Å². The Morgan fingerprint density at radius 3 is 2.61 bits per heavy atom. The van der Waals surface area contributed by atoms with Gasteiger partial charge >= 0.3 is 0 Å². The van der Waals surface area contributed by atoms with Crippen LogP contribution in [0.25, 0.3) is 0 Å². The first-order chi connectivity index (χ1) is 15.0. The van der Waals surface area contributed by atoms with Crippen LogP contribution in [0, 0.1) is 0 Å². The molecule has 1 aliphatic carbocycles. The lowest BCUT2D eigenvalue weighted by Gasteiger charge is -2.27. The van der Waals surface area contributed by atoms with Crippen molar-refractivity contribution in [1.82, 2.24) is 15.5 Å². The molecule has 0 aliphatic heterocycles. The number of carbonyl (C=O) groups excluding carboxylic acids is 1. The van der Waals surface area contributed by atoms with Gasteiger partial charge in [-0.25, -0.2) is 4.99 Å². The predicted molar refractivity (Wildman–Crippen MR) is 123 cm³/mol. The summed E-state index contributed by atoms with van der Waals surface area (Å²) in [5, 5.41) is 6.71. The average molecular weight is 425 g/mol. The van der Waals surface area contributed by atoms with E-state index in [1.807, 2.05) is 18.2 Å². The zero-order chi connectivity index (χ0) is 22.2. The normalized spacial score (nSPS) is 15.6. The predicted octanol–water partition coefficient (Wildman–Crippen LogP) is 2.38. The van der Waals surface area contributed by atoms with Crippen molar-refractivity contribution in [2.45, 2.75) is 31.8 Å². The molecule has 0 aromatic heterocycles. The van der Waals surface area contributed by atoms with Crippen LogP contribution in [0.2, 0.25) is 0 Å². The van der Waals surface area contributed by atoms with Crippen LogP contribution in [-0.2, 0) is 24.2 Å². The summed E-state index contributed by atoms with van der Waals surface area (Å²) in [6.45, 7) is 0.601. The summed E-state index contributed by atoms with van der Waals surface area (Å²) in [5.41, 5.74) is 3.72. The number of hydrogen-bond acceptors (Lipinski definition) is 4. The Balaban J connectivity index is 1.74. The van der Waals surface area contributed by atoms with Crippen molar-refractivity contribution in [3.05, 3.63) is 59.2 Å². The number of hydrogen-bond donors (Lipinski definition) is 2. The number of nitrogens with one attached hydrogen (secondary N) is 2. The van der Waals surface area contributed by atoms with Crippen LogP contribution in [0.4, 0.5) is 0 Å². The van der Waals surface area contributed by atoms with Gasteiger partial charge in [0, 0.05) is 31.8 Å². The summed E-state index contributed by atoms with van der Waals surface area (Å²) in [6.07, 6.45) is 2.99. The monoisotopic (exact) mass is 424 g/mol. The van der Waals surface area contributed by atoms with E-state index in [1.165, 1.54) is 11.1 Å². The fourth-order valence-electron chi connectivity index (χ4n) is 3.63. The Morgan fingerprint density at radius 2 is 1.90 bits per heavy atom. The molecule has 2 N–H and O–H groups in total. The van der Waals surface area contributed by atoms with Crippen molar-refractivity contribution in [1.29, 1.82) is 0 Å². The molecule has 1 unspecified atom stereocenters. The van der Waals surface area contributed by atoms with Crippen molar-refractivity contribution in [3.8, 4) is 11.5 Å². The summed E-state index contributed by atoms with van der Waals surface area (Å²) in [4.78, 5) is 18.4. The Morgan fingerprint density at radius 1 is 1.13 bits per heavy atom. The van der Waals surface area contributed by atoms with Crippen LogP contribution in [0.15, 0.2) is 47.5 Å². The largest absolute Gasteiger partial charge is 0.497 e. The van der Waals surface area contributed by atoms with E-state index >= 15 is 0 Å². The molecule has 1 atom stereocenters. The second kappa shape index (κ2) is 10.7. The van der Waals surface area contributed by atoms with Crippen molar-refractivity contribution >= 4 is 11.9 Å². The molecule has 7 nitrogen and oxygen atoms in total. The number of aliphatic imine (C=N–C) groups is 1. The number of rotatable bonds is 7. The smallest absolute Gasteiger partial charge is 0.241 e. The maximum absolute atomic E-state index is 12.1. The molecule has 0 saturated carbocycles. The SMILES string of the molecule is COc1ccc(CN=C(NCC(=O)N(C)C)NC2CCc3ccccc3C2)c(OC)c1. The second-order valence-electron chi connectivity index (χ2n) is 7.84. The molecule has 1 aliphatic rings. The van der Waals surface area contributed by atoms with Gasteiger partial charge in [0.1, 0.15) is 11.5 Å². The minimum atomic E-state index is -0.00878. The molecule has 2 aromatic rings. The molecule has 0 saturated heterocycles. The zero-order valence-electron chi connectivity index (χ0n) is 18.8. The number of guanidine groups is 1. The molecule has 0 fully saturated rings. The van der Waals surface area contributed by atoms with Gasteiger partial charge in [-0.1, -0.05) is 24.3 Å². The van der Waals surface area contributed by atoms with Gasteiger partial charge in [0.15, 0.2) is 5.96 Å². The maximum atomic E-state index is 12.1. The topological polar surface area (TPSA) is 75.2 Å². The Kier molecular flexibility index (Phi) is 7.76. The molecular formula is C24H32N4O3. The first kappa shape index (κ1) is 22.5. The number of benzene rings is 2. The van der Waals surface area contributed by atoms with Crippen molar-refractivity contribution in [2.75, 3.05) is 34.9 Å². The number of carbonyl (C=O) groups is 1. The van der Waals surface area contributed by atoms with Crippen molar-refractivity contribution in [3.63, 3.8) is 0 Å². The molecular weight excluding hydrogens is 392 g/mol. The highest BCUT2D eigenvalue weighted by Gasteiger charge is 2.19. The molecule has 166 valence electrons. The van der Waals surface area contributed by atoms with Crippen LogP contribution in [0.3, 0.4) is 0 Å². The molecule has 3 rings (SSSR count). The lowest BCUT2D eigenvalue weighted by atomic mass is 9.88. The molecule has 0 bridgehead atoms.